The summed E-state index contributed by atoms with van der Waals surface area (Å²) in [6.45, 7) is 0. The fourth-order valence-electron chi connectivity index (χ4n) is 10.5. The predicted octanol–water partition coefficient (Wildman–Crippen LogP) is 19.5. The van der Waals surface area contributed by atoms with Crippen LogP contribution < -0.4 is 14.7 Å². The van der Waals surface area contributed by atoms with E-state index in [1.54, 1.807) is 0 Å². The van der Waals surface area contributed by atoms with Gasteiger partial charge >= 0.3 is 0 Å². The summed E-state index contributed by atoms with van der Waals surface area (Å²) in [5.41, 5.74) is 16.4. The Morgan fingerprint density at radius 2 is 0.472 bits per heavy atom. The number of benzene rings is 11. The van der Waals surface area contributed by atoms with E-state index in [-0.39, 0.29) is 0 Å². The van der Waals surface area contributed by atoms with Gasteiger partial charge in [0.15, 0.2) is 0 Å². The van der Waals surface area contributed by atoms with Crippen LogP contribution in [-0.2, 0) is 0 Å². The molecule has 0 aliphatic carbocycles. The highest BCUT2D eigenvalue weighted by atomic mass is 16.3. The number of rotatable bonds is 10. The molecule has 6 nitrogen and oxygen atoms in total. The minimum absolute atomic E-state index is 0.844. The Morgan fingerprint density at radius 1 is 0.181 bits per heavy atom. The molecule has 11 aromatic carbocycles. The topological polar surface area (TPSA) is 49.1 Å². The Bertz CT molecular complexity index is 4120. The highest BCUT2D eigenvalue weighted by Crippen LogP contribution is 2.48. The molecule has 0 bridgehead atoms. The largest absolute Gasteiger partial charge is 0.456 e. The zero-order valence-electron chi connectivity index (χ0n) is 38.9. The molecule has 72 heavy (non-hydrogen) atoms. The average Bonchev–Trinajstić information content (AvgIpc) is 4.13. The van der Waals surface area contributed by atoms with Crippen LogP contribution in [-0.4, -0.2) is 0 Å². The Morgan fingerprint density at radius 3 is 0.889 bits per heavy atom. The van der Waals surface area contributed by atoms with Crippen molar-refractivity contribution in [2.45, 2.75) is 0 Å². The predicted molar refractivity (Wildman–Crippen MR) is 298 cm³/mol. The molecular formula is C66H43N3O3. The summed E-state index contributed by atoms with van der Waals surface area (Å²) in [5, 5.41) is 6.48. The van der Waals surface area contributed by atoms with Crippen LogP contribution in [0.4, 0.5) is 51.2 Å². The van der Waals surface area contributed by atoms with Crippen molar-refractivity contribution >= 4 is 117 Å². The minimum Gasteiger partial charge on any atom is -0.456 e. The van der Waals surface area contributed by atoms with Crippen molar-refractivity contribution in [3.63, 3.8) is 0 Å². The van der Waals surface area contributed by atoms with Gasteiger partial charge in [-0.05, 0) is 145 Å². The summed E-state index contributed by atoms with van der Waals surface area (Å²) < 4.78 is 18.9. The molecule has 0 radical (unpaired) electrons. The summed E-state index contributed by atoms with van der Waals surface area (Å²) in [4.78, 5) is 7.06. The first-order valence-corrected chi connectivity index (χ1v) is 24.2. The Labute approximate surface area is 415 Å². The molecule has 3 heterocycles. The lowest BCUT2D eigenvalue weighted by Gasteiger charge is -2.33. The zero-order valence-corrected chi connectivity index (χ0v) is 38.9. The summed E-state index contributed by atoms with van der Waals surface area (Å²) >= 11 is 0. The van der Waals surface area contributed by atoms with Gasteiger partial charge in [0.1, 0.15) is 33.5 Å². The third-order valence-electron chi connectivity index (χ3n) is 13.8. The molecule has 0 spiro atoms. The van der Waals surface area contributed by atoms with Crippen LogP contribution in [0, 0.1) is 0 Å². The van der Waals surface area contributed by atoms with Crippen LogP contribution in [0.5, 0.6) is 0 Å². The molecular weight excluding hydrogens is 883 g/mol. The first kappa shape index (κ1) is 41.2. The van der Waals surface area contributed by atoms with E-state index in [0.29, 0.717) is 0 Å². The number of fused-ring (bicyclic) bond motifs is 9. The maximum atomic E-state index is 6.37. The van der Waals surface area contributed by atoms with Crippen molar-refractivity contribution in [2.24, 2.45) is 0 Å². The van der Waals surface area contributed by atoms with Gasteiger partial charge in [0.2, 0.25) is 0 Å². The number of hydrogen-bond acceptors (Lipinski definition) is 6. The van der Waals surface area contributed by atoms with Gasteiger partial charge in [-0.2, -0.15) is 0 Å². The normalized spacial score (nSPS) is 11.6. The van der Waals surface area contributed by atoms with Gasteiger partial charge in [-0.25, -0.2) is 0 Å². The SMILES string of the molecule is c1ccc(N(c2ccc(-c3ccc4oc5ccccc5c4c3)cc2)c2cc(N(c3ccccc3)c3ccc4oc5ccccc5c4c3)cc(N(c3ccccc3)c3ccc4oc5ccccc5c4c3)c2)cc1. The van der Waals surface area contributed by atoms with E-state index in [1.165, 1.54) is 0 Å². The van der Waals surface area contributed by atoms with E-state index in [0.717, 1.165) is 128 Å². The van der Waals surface area contributed by atoms with E-state index in [9.17, 15) is 0 Å². The third kappa shape index (κ3) is 7.12. The van der Waals surface area contributed by atoms with Crippen LogP contribution in [0.3, 0.4) is 0 Å². The monoisotopic (exact) mass is 925 g/mol. The molecule has 0 amide bonds. The van der Waals surface area contributed by atoms with Crippen molar-refractivity contribution in [1.29, 1.82) is 0 Å². The van der Waals surface area contributed by atoms with Crippen molar-refractivity contribution in [2.75, 3.05) is 14.7 Å². The summed E-state index contributed by atoms with van der Waals surface area (Å²) in [6.07, 6.45) is 0. The van der Waals surface area contributed by atoms with E-state index in [2.05, 4.69) is 239 Å². The molecule has 340 valence electrons. The molecule has 0 saturated carbocycles. The second-order valence-electron chi connectivity index (χ2n) is 18.1. The quantitative estimate of drug-likeness (QED) is 0.136. The molecule has 0 N–H and O–H groups in total. The minimum atomic E-state index is 0.844. The van der Waals surface area contributed by atoms with Gasteiger partial charge in [-0.3, -0.25) is 0 Å². The maximum Gasteiger partial charge on any atom is 0.135 e. The lowest BCUT2D eigenvalue weighted by atomic mass is 10.0. The van der Waals surface area contributed by atoms with Gasteiger partial charge in [0, 0.05) is 66.4 Å². The average molecular weight is 926 g/mol. The van der Waals surface area contributed by atoms with Crippen LogP contribution in [0.2, 0.25) is 0 Å². The fourth-order valence-corrected chi connectivity index (χ4v) is 10.5. The van der Waals surface area contributed by atoms with Gasteiger partial charge in [-0.15, -0.1) is 0 Å². The summed E-state index contributed by atoms with van der Waals surface area (Å²) in [7, 11) is 0. The molecule has 0 fully saturated rings. The molecule has 14 rings (SSSR count). The molecule has 0 aliphatic rings. The summed E-state index contributed by atoms with van der Waals surface area (Å²) in [5.74, 6) is 0. The lowest BCUT2D eigenvalue weighted by molar-refractivity contribution is 0.668. The van der Waals surface area contributed by atoms with Crippen molar-refractivity contribution in [3.05, 3.63) is 261 Å². The number of furan rings is 3. The second kappa shape index (κ2) is 17.0. The van der Waals surface area contributed by atoms with Gasteiger partial charge < -0.3 is 28.0 Å². The molecule has 14 aromatic rings. The van der Waals surface area contributed by atoms with Gasteiger partial charge in [-0.1, -0.05) is 127 Å². The molecule has 0 atom stereocenters. The number of nitrogens with zero attached hydrogens (tertiary/aromatic N) is 3. The van der Waals surface area contributed by atoms with Crippen LogP contribution in [0.15, 0.2) is 274 Å². The zero-order chi connectivity index (χ0) is 47.5. The molecule has 0 aliphatic heterocycles. The molecule has 3 aromatic heterocycles. The van der Waals surface area contributed by atoms with Gasteiger partial charge in [0.25, 0.3) is 0 Å². The van der Waals surface area contributed by atoms with Crippen molar-refractivity contribution < 1.29 is 13.3 Å². The van der Waals surface area contributed by atoms with Crippen LogP contribution >= 0.6 is 0 Å². The van der Waals surface area contributed by atoms with Crippen LogP contribution in [0.1, 0.15) is 0 Å². The molecule has 0 saturated heterocycles. The maximum absolute atomic E-state index is 6.37. The second-order valence-corrected chi connectivity index (χ2v) is 18.1. The number of hydrogen-bond donors (Lipinski definition) is 0. The van der Waals surface area contributed by atoms with Crippen molar-refractivity contribution in [1.82, 2.24) is 0 Å². The number of para-hydroxylation sites is 6. The standard InChI is InChI=1S/C66H43N3O3/c1-4-16-46(17-5-1)67(49-31-28-44(29-32-49)45-30-35-64-58(38-45)55-22-10-13-25-61(55)70-64)52-39-53(68(47-18-6-2-7-19-47)50-33-36-65-59(42-50)56-23-11-14-26-62(56)71-65)41-54(40-52)69(48-20-8-3-9-21-48)51-34-37-66-60(43-51)57-24-12-15-27-63(57)72-66/h1-43H. The van der Waals surface area contributed by atoms with E-state index in [1.807, 2.05) is 36.4 Å². The molecule has 6 heteroatoms. The van der Waals surface area contributed by atoms with E-state index in [4.69, 9.17) is 13.3 Å². The first-order valence-electron chi connectivity index (χ1n) is 24.2. The molecule has 0 unspecified atom stereocenters. The summed E-state index contributed by atoms with van der Waals surface area (Å²) in [6, 6.07) is 92.0. The van der Waals surface area contributed by atoms with Crippen molar-refractivity contribution in [3.8, 4) is 11.1 Å². The number of anilines is 9. The van der Waals surface area contributed by atoms with Gasteiger partial charge in [0.05, 0.1) is 17.1 Å². The third-order valence-corrected chi connectivity index (χ3v) is 13.8. The highest BCUT2D eigenvalue weighted by molar-refractivity contribution is 6.09. The Balaban J connectivity index is 0.996. The Hall–Kier alpha value is -9.78. The lowest BCUT2D eigenvalue weighted by Crippen LogP contribution is -2.16. The van der Waals surface area contributed by atoms with E-state index < -0.39 is 0 Å². The highest BCUT2D eigenvalue weighted by Gasteiger charge is 2.24. The fraction of sp³-hybridized carbons (Fsp3) is 0. The smallest absolute Gasteiger partial charge is 0.135 e. The first-order chi connectivity index (χ1) is 35.7. The van der Waals surface area contributed by atoms with E-state index >= 15 is 0 Å². The van der Waals surface area contributed by atoms with Crippen LogP contribution in [0.25, 0.3) is 76.9 Å². The Kier molecular flexibility index (Phi) is 9.74.